The van der Waals surface area contributed by atoms with E-state index in [1.54, 1.807) is 6.07 Å². The second-order valence-corrected chi connectivity index (χ2v) is 6.02. The highest BCUT2D eigenvalue weighted by Gasteiger charge is 2.27. The van der Waals surface area contributed by atoms with Gasteiger partial charge in [-0.05, 0) is 31.9 Å². The first-order valence-electron chi connectivity index (χ1n) is 8.14. The summed E-state index contributed by atoms with van der Waals surface area (Å²) in [4.78, 5) is 47.4. The molecule has 10 heteroatoms. The number of halogens is 1. The summed E-state index contributed by atoms with van der Waals surface area (Å²) in [5.74, 6) is -3.58. The van der Waals surface area contributed by atoms with Gasteiger partial charge in [-0.1, -0.05) is 12.1 Å². The Balaban J connectivity index is 1.77. The maximum atomic E-state index is 14.0. The first-order chi connectivity index (χ1) is 12.9. The minimum absolute atomic E-state index is 0.0225. The SMILES string of the molecule is Cc1cc(=O)c(C(=O)NNC(=O)C(=O)NC2CC2)nn1-c1ccccc1F. The highest BCUT2D eigenvalue weighted by Crippen LogP contribution is 2.18. The third-order valence-electron chi connectivity index (χ3n) is 3.81. The van der Waals surface area contributed by atoms with E-state index in [0.29, 0.717) is 5.69 Å². The van der Waals surface area contributed by atoms with Gasteiger partial charge in [0.1, 0.15) is 11.5 Å². The van der Waals surface area contributed by atoms with Crippen LogP contribution in [0.3, 0.4) is 0 Å². The molecule has 3 rings (SSSR count). The lowest BCUT2D eigenvalue weighted by molar-refractivity contribution is -0.139. The molecule has 0 unspecified atom stereocenters. The summed E-state index contributed by atoms with van der Waals surface area (Å²) in [6.45, 7) is 1.53. The average Bonchev–Trinajstić information content (AvgIpc) is 3.44. The van der Waals surface area contributed by atoms with Gasteiger partial charge in [-0.25, -0.2) is 9.07 Å². The first kappa shape index (κ1) is 18.2. The number of aromatic nitrogens is 2. The lowest BCUT2D eigenvalue weighted by Crippen LogP contribution is -2.50. The highest BCUT2D eigenvalue weighted by molar-refractivity contribution is 6.35. The monoisotopic (exact) mass is 373 g/mol. The van der Waals surface area contributed by atoms with Gasteiger partial charge in [0, 0.05) is 17.8 Å². The fourth-order valence-corrected chi connectivity index (χ4v) is 2.28. The topological polar surface area (TPSA) is 122 Å². The van der Waals surface area contributed by atoms with Gasteiger partial charge in [0.15, 0.2) is 5.69 Å². The number of hydrazine groups is 1. The lowest BCUT2D eigenvalue weighted by atomic mass is 10.2. The van der Waals surface area contributed by atoms with Crippen molar-refractivity contribution < 1.29 is 18.8 Å². The minimum atomic E-state index is -1.07. The van der Waals surface area contributed by atoms with Crippen molar-refractivity contribution in [3.63, 3.8) is 0 Å². The van der Waals surface area contributed by atoms with Crippen LogP contribution < -0.4 is 21.6 Å². The molecule has 0 radical (unpaired) electrons. The van der Waals surface area contributed by atoms with Crippen LogP contribution in [0.1, 0.15) is 29.0 Å². The standard InChI is InChI=1S/C17H16FN5O4/c1-9-8-13(24)14(22-23(9)12-5-3-2-4-11(12)18)15(25)20-21-17(27)16(26)19-10-6-7-10/h2-5,8,10H,6-7H2,1H3,(H,19,26)(H,20,25)(H,21,27). The highest BCUT2D eigenvalue weighted by atomic mass is 19.1. The van der Waals surface area contributed by atoms with Crippen LogP contribution in [-0.2, 0) is 9.59 Å². The molecule has 1 aliphatic carbocycles. The summed E-state index contributed by atoms with van der Waals surface area (Å²) in [5, 5.41) is 6.33. The van der Waals surface area contributed by atoms with Crippen molar-refractivity contribution in [2.24, 2.45) is 0 Å². The maximum Gasteiger partial charge on any atom is 0.327 e. The fourth-order valence-electron chi connectivity index (χ4n) is 2.28. The summed E-state index contributed by atoms with van der Waals surface area (Å²) in [6, 6.07) is 6.82. The van der Waals surface area contributed by atoms with Crippen LogP contribution in [-0.4, -0.2) is 33.5 Å². The molecular weight excluding hydrogens is 357 g/mol. The van der Waals surface area contributed by atoms with Crippen LogP contribution in [0, 0.1) is 12.7 Å². The number of hydrogen-bond acceptors (Lipinski definition) is 5. The van der Waals surface area contributed by atoms with Crippen molar-refractivity contribution in [1.29, 1.82) is 0 Å². The summed E-state index contributed by atoms with van der Waals surface area (Å²) < 4.78 is 15.1. The average molecular weight is 373 g/mol. The van der Waals surface area contributed by atoms with Crippen LogP contribution in [0.15, 0.2) is 35.1 Å². The van der Waals surface area contributed by atoms with Crippen LogP contribution in [0.2, 0.25) is 0 Å². The van der Waals surface area contributed by atoms with E-state index in [1.807, 2.05) is 10.9 Å². The molecule has 1 aliphatic rings. The summed E-state index contributed by atoms with van der Waals surface area (Å²) in [5.41, 5.74) is 2.96. The minimum Gasteiger partial charge on any atom is -0.345 e. The van der Waals surface area contributed by atoms with E-state index in [9.17, 15) is 23.6 Å². The maximum absolute atomic E-state index is 14.0. The van der Waals surface area contributed by atoms with E-state index in [-0.39, 0.29) is 11.7 Å². The largest absolute Gasteiger partial charge is 0.345 e. The molecule has 1 aromatic heterocycles. The van der Waals surface area contributed by atoms with Gasteiger partial charge in [0.25, 0.3) is 5.91 Å². The molecule has 140 valence electrons. The van der Waals surface area contributed by atoms with E-state index < -0.39 is 34.7 Å². The van der Waals surface area contributed by atoms with Crippen molar-refractivity contribution in [3.8, 4) is 5.69 Å². The van der Waals surface area contributed by atoms with Gasteiger partial charge in [0.2, 0.25) is 5.43 Å². The van der Waals surface area contributed by atoms with Crippen molar-refractivity contribution in [1.82, 2.24) is 25.9 Å². The van der Waals surface area contributed by atoms with Crippen LogP contribution in [0.5, 0.6) is 0 Å². The Morgan fingerprint density at radius 2 is 1.85 bits per heavy atom. The smallest absolute Gasteiger partial charge is 0.327 e. The van der Waals surface area contributed by atoms with Gasteiger partial charge < -0.3 is 5.32 Å². The van der Waals surface area contributed by atoms with E-state index in [0.717, 1.165) is 23.6 Å². The van der Waals surface area contributed by atoms with Gasteiger partial charge in [-0.15, -0.1) is 0 Å². The lowest BCUT2D eigenvalue weighted by Gasteiger charge is -2.12. The zero-order valence-corrected chi connectivity index (χ0v) is 14.3. The van der Waals surface area contributed by atoms with Crippen molar-refractivity contribution in [2.45, 2.75) is 25.8 Å². The number of carbonyl (C=O) groups excluding carboxylic acids is 3. The first-order valence-corrected chi connectivity index (χ1v) is 8.14. The zero-order valence-electron chi connectivity index (χ0n) is 14.3. The molecule has 0 aliphatic heterocycles. The Morgan fingerprint density at radius 1 is 1.15 bits per heavy atom. The predicted octanol–water partition coefficient (Wildman–Crippen LogP) is -0.280. The number of hydrogen-bond donors (Lipinski definition) is 3. The Labute approximate surface area is 152 Å². The summed E-state index contributed by atoms with van der Waals surface area (Å²) in [6.07, 6.45) is 1.60. The molecule has 0 bridgehead atoms. The van der Waals surface area contributed by atoms with Crippen molar-refractivity contribution in [3.05, 3.63) is 57.8 Å². The Morgan fingerprint density at radius 3 is 2.52 bits per heavy atom. The molecular formula is C17H16FN5O4. The predicted molar refractivity (Wildman–Crippen MR) is 91.3 cm³/mol. The number of rotatable bonds is 3. The Kier molecular flexibility index (Phi) is 4.97. The fraction of sp³-hybridized carbons (Fsp3) is 0.235. The molecule has 27 heavy (non-hydrogen) atoms. The van der Waals surface area contributed by atoms with E-state index in [2.05, 4.69) is 10.4 Å². The Hall–Kier alpha value is -3.56. The second kappa shape index (κ2) is 7.36. The number of para-hydroxylation sites is 1. The van der Waals surface area contributed by atoms with Gasteiger partial charge in [0.05, 0.1) is 0 Å². The molecule has 2 aromatic rings. The van der Waals surface area contributed by atoms with Crippen LogP contribution in [0.25, 0.3) is 5.69 Å². The number of nitrogens with zero attached hydrogens (tertiary/aromatic N) is 2. The third kappa shape index (κ3) is 4.17. The number of aryl methyl sites for hydroxylation is 1. The second-order valence-electron chi connectivity index (χ2n) is 6.02. The quantitative estimate of drug-likeness (QED) is 0.505. The van der Waals surface area contributed by atoms with Crippen LogP contribution in [0.4, 0.5) is 4.39 Å². The van der Waals surface area contributed by atoms with E-state index in [1.165, 1.54) is 25.1 Å². The molecule has 1 fully saturated rings. The molecule has 1 heterocycles. The Bertz CT molecular complexity index is 984. The number of nitrogens with one attached hydrogen (secondary N) is 3. The molecule has 1 aromatic carbocycles. The molecule has 9 nitrogen and oxygen atoms in total. The molecule has 3 amide bonds. The molecule has 0 spiro atoms. The van der Waals surface area contributed by atoms with Crippen LogP contribution >= 0.6 is 0 Å². The van der Waals surface area contributed by atoms with Gasteiger partial charge in [-0.3, -0.25) is 30.0 Å². The third-order valence-corrected chi connectivity index (χ3v) is 3.81. The number of benzene rings is 1. The summed E-state index contributed by atoms with van der Waals surface area (Å²) >= 11 is 0. The summed E-state index contributed by atoms with van der Waals surface area (Å²) in [7, 11) is 0. The van der Waals surface area contributed by atoms with Gasteiger partial charge >= 0.3 is 11.8 Å². The molecule has 0 saturated heterocycles. The van der Waals surface area contributed by atoms with Crippen molar-refractivity contribution in [2.75, 3.05) is 0 Å². The van der Waals surface area contributed by atoms with E-state index in [4.69, 9.17) is 0 Å². The van der Waals surface area contributed by atoms with Crippen molar-refractivity contribution >= 4 is 17.7 Å². The molecule has 0 atom stereocenters. The van der Waals surface area contributed by atoms with Gasteiger partial charge in [-0.2, -0.15) is 5.10 Å². The van der Waals surface area contributed by atoms with E-state index >= 15 is 0 Å². The zero-order chi connectivity index (χ0) is 19.6. The molecule has 1 saturated carbocycles. The molecule has 3 N–H and O–H groups in total. The number of carbonyl (C=O) groups is 3. The number of amides is 3. The normalized spacial score (nSPS) is 13.0.